The maximum absolute atomic E-state index is 6.04. The van der Waals surface area contributed by atoms with Gasteiger partial charge >= 0.3 is 0 Å². The zero-order valence-corrected chi connectivity index (χ0v) is 13.1. The highest BCUT2D eigenvalue weighted by atomic mass is 32.2. The molecular weight excluding hydrogens is 278 g/mol. The van der Waals surface area contributed by atoms with E-state index in [1.807, 2.05) is 11.8 Å². The highest BCUT2D eigenvalue weighted by molar-refractivity contribution is 7.99. The second-order valence-electron chi connectivity index (χ2n) is 5.78. The van der Waals surface area contributed by atoms with Crippen LogP contribution in [0.5, 0.6) is 0 Å². The minimum Gasteiger partial charge on any atom is -0.374 e. The molecule has 106 valence electrons. The van der Waals surface area contributed by atoms with Crippen LogP contribution in [-0.4, -0.2) is 39.1 Å². The molecule has 0 bridgehead atoms. The van der Waals surface area contributed by atoms with Crippen molar-refractivity contribution in [3.8, 4) is 0 Å². The van der Waals surface area contributed by atoms with Gasteiger partial charge in [-0.05, 0) is 25.0 Å². The number of rotatable bonds is 3. The molecule has 2 atom stereocenters. The fourth-order valence-corrected chi connectivity index (χ4v) is 4.88. The van der Waals surface area contributed by atoms with Gasteiger partial charge in [-0.2, -0.15) is 16.1 Å². The highest BCUT2D eigenvalue weighted by Crippen LogP contribution is 2.39. The van der Waals surface area contributed by atoms with Crippen molar-refractivity contribution in [3.63, 3.8) is 0 Å². The molecule has 2 aliphatic heterocycles. The van der Waals surface area contributed by atoms with Crippen molar-refractivity contribution in [3.05, 3.63) is 5.82 Å². The van der Waals surface area contributed by atoms with Gasteiger partial charge in [0, 0.05) is 35.9 Å². The molecule has 0 saturated carbocycles. The summed E-state index contributed by atoms with van der Waals surface area (Å²) in [6.45, 7) is 5.13. The Bertz CT molecular complexity index is 429. The van der Waals surface area contributed by atoms with E-state index in [0.29, 0.717) is 12.0 Å². The van der Waals surface area contributed by atoms with Gasteiger partial charge in [-0.1, -0.05) is 13.8 Å². The summed E-state index contributed by atoms with van der Waals surface area (Å²) < 4.78 is 10.4. The predicted molar refractivity (Wildman–Crippen MR) is 81.3 cm³/mol. The molecule has 1 spiro atoms. The Morgan fingerprint density at radius 2 is 2.37 bits per heavy atom. The number of hydrogen-bond donors (Lipinski definition) is 1. The zero-order valence-electron chi connectivity index (χ0n) is 11.5. The second-order valence-corrected chi connectivity index (χ2v) is 7.64. The minimum absolute atomic E-state index is 0.131. The summed E-state index contributed by atoms with van der Waals surface area (Å²) >= 11 is 3.50. The second kappa shape index (κ2) is 5.58. The van der Waals surface area contributed by atoms with Gasteiger partial charge in [0.05, 0.1) is 5.60 Å². The van der Waals surface area contributed by atoms with E-state index in [-0.39, 0.29) is 5.60 Å². The third-order valence-corrected chi connectivity index (χ3v) is 5.73. The zero-order chi connectivity index (χ0) is 13.3. The molecule has 0 aromatic carbocycles. The fourth-order valence-electron chi connectivity index (χ4n) is 2.72. The molecule has 0 radical (unpaired) electrons. The summed E-state index contributed by atoms with van der Waals surface area (Å²) in [6.07, 6.45) is 3.38. The largest absolute Gasteiger partial charge is 0.374 e. The lowest BCUT2D eigenvalue weighted by Crippen LogP contribution is -2.44. The third-order valence-electron chi connectivity index (χ3n) is 3.85. The van der Waals surface area contributed by atoms with Gasteiger partial charge in [-0.25, -0.2) is 4.98 Å². The van der Waals surface area contributed by atoms with Crippen molar-refractivity contribution < 1.29 is 4.74 Å². The van der Waals surface area contributed by atoms with Crippen LogP contribution in [0.15, 0.2) is 0 Å². The van der Waals surface area contributed by atoms with Gasteiger partial charge in [-0.15, -0.1) is 0 Å². The number of anilines is 1. The summed E-state index contributed by atoms with van der Waals surface area (Å²) in [5.41, 5.74) is 0.131. The van der Waals surface area contributed by atoms with Crippen LogP contribution in [-0.2, 0) is 4.74 Å². The van der Waals surface area contributed by atoms with Crippen LogP contribution in [0.3, 0.4) is 0 Å². The molecule has 6 heteroatoms. The van der Waals surface area contributed by atoms with Crippen molar-refractivity contribution in [2.75, 3.05) is 23.4 Å². The van der Waals surface area contributed by atoms with E-state index in [1.54, 1.807) is 0 Å². The topological polar surface area (TPSA) is 47.0 Å². The van der Waals surface area contributed by atoms with Gasteiger partial charge in [0.25, 0.3) is 0 Å². The van der Waals surface area contributed by atoms with Crippen molar-refractivity contribution in [1.82, 2.24) is 9.36 Å². The smallest absolute Gasteiger partial charge is 0.202 e. The first-order valence-corrected chi connectivity index (χ1v) is 8.91. The Morgan fingerprint density at radius 1 is 1.47 bits per heavy atom. The summed E-state index contributed by atoms with van der Waals surface area (Å²) in [5, 5.41) is 4.53. The van der Waals surface area contributed by atoms with E-state index in [2.05, 4.69) is 28.5 Å². The standard InChI is InChI=1S/C13H21N3OS2/c1-9(2)11-15-12(19-16-11)14-10-3-5-17-13(7-10)4-6-18-8-13/h9-10H,3-8H2,1-2H3,(H,14,15,16)/t10-,13+/m1/s1. The summed E-state index contributed by atoms with van der Waals surface area (Å²) in [7, 11) is 0. The van der Waals surface area contributed by atoms with Crippen LogP contribution < -0.4 is 5.32 Å². The van der Waals surface area contributed by atoms with E-state index in [0.717, 1.165) is 36.2 Å². The van der Waals surface area contributed by atoms with E-state index in [4.69, 9.17) is 4.74 Å². The third kappa shape index (κ3) is 3.06. The van der Waals surface area contributed by atoms with Crippen LogP contribution in [0.25, 0.3) is 0 Å². The molecule has 0 amide bonds. The molecule has 4 nitrogen and oxygen atoms in total. The van der Waals surface area contributed by atoms with E-state index >= 15 is 0 Å². The average Bonchev–Trinajstić information content (AvgIpc) is 3.00. The number of nitrogens with one attached hydrogen (secondary N) is 1. The first kappa shape index (κ1) is 13.6. The Balaban J connectivity index is 1.62. The normalized spacial score (nSPS) is 31.2. The molecule has 3 rings (SSSR count). The molecule has 2 aliphatic rings. The van der Waals surface area contributed by atoms with Crippen LogP contribution >= 0.6 is 23.3 Å². The molecule has 1 N–H and O–H groups in total. The van der Waals surface area contributed by atoms with E-state index < -0.39 is 0 Å². The quantitative estimate of drug-likeness (QED) is 0.929. The first-order valence-electron chi connectivity index (χ1n) is 6.99. The van der Waals surface area contributed by atoms with Gasteiger partial charge in [-0.3, -0.25) is 0 Å². The van der Waals surface area contributed by atoms with E-state index in [1.165, 1.54) is 23.7 Å². The van der Waals surface area contributed by atoms with Gasteiger partial charge < -0.3 is 10.1 Å². The molecular formula is C13H21N3OS2. The van der Waals surface area contributed by atoms with Crippen molar-refractivity contribution in [2.24, 2.45) is 0 Å². The summed E-state index contributed by atoms with van der Waals surface area (Å²) in [4.78, 5) is 4.57. The molecule has 19 heavy (non-hydrogen) atoms. The van der Waals surface area contributed by atoms with E-state index in [9.17, 15) is 0 Å². The average molecular weight is 299 g/mol. The summed E-state index contributed by atoms with van der Waals surface area (Å²) in [6, 6.07) is 0.486. The molecule has 0 aliphatic carbocycles. The van der Waals surface area contributed by atoms with Gasteiger partial charge in [0.1, 0.15) is 5.82 Å². The maximum Gasteiger partial charge on any atom is 0.202 e. The Kier molecular flexibility index (Phi) is 4.01. The number of aromatic nitrogens is 2. The van der Waals surface area contributed by atoms with Crippen molar-refractivity contribution in [2.45, 2.75) is 50.7 Å². The Labute approximate surface area is 122 Å². The molecule has 2 fully saturated rings. The lowest BCUT2D eigenvalue weighted by atomic mass is 9.90. The number of hydrogen-bond acceptors (Lipinski definition) is 6. The number of ether oxygens (including phenoxy) is 1. The Hall–Kier alpha value is -0.330. The minimum atomic E-state index is 0.131. The lowest BCUT2D eigenvalue weighted by Gasteiger charge is -2.37. The summed E-state index contributed by atoms with van der Waals surface area (Å²) in [5.74, 6) is 3.74. The maximum atomic E-state index is 6.04. The SMILES string of the molecule is CC(C)c1nsc(N[C@@H]2CCO[C@@]3(CCSC3)C2)n1. The Morgan fingerprint density at radius 3 is 3.05 bits per heavy atom. The van der Waals surface area contributed by atoms with Gasteiger partial charge in [0.15, 0.2) is 0 Å². The van der Waals surface area contributed by atoms with Crippen LogP contribution in [0.2, 0.25) is 0 Å². The first-order chi connectivity index (χ1) is 9.17. The molecule has 3 heterocycles. The van der Waals surface area contributed by atoms with Crippen molar-refractivity contribution >= 4 is 28.4 Å². The van der Waals surface area contributed by atoms with Crippen LogP contribution in [0.4, 0.5) is 5.13 Å². The molecule has 1 aromatic rings. The monoisotopic (exact) mass is 299 g/mol. The van der Waals surface area contributed by atoms with Gasteiger partial charge in [0.2, 0.25) is 5.13 Å². The molecule has 0 unspecified atom stereocenters. The van der Waals surface area contributed by atoms with Crippen molar-refractivity contribution in [1.29, 1.82) is 0 Å². The van der Waals surface area contributed by atoms with Crippen LogP contribution in [0.1, 0.15) is 44.9 Å². The molecule has 1 aromatic heterocycles. The fraction of sp³-hybridized carbons (Fsp3) is 0.846. The predicted octanol–water partition coefficient (Wildman–Crippen LogP) is 3.13. The highest BCUT2D eigenvalue weighted by Gasteiger charge is 2.40. The molecule has 2 saturated heterocycles. The number of thioether (sulfide) groups is 1. The number of nitrogens with zero attached hydrogens (tertiary/aromatic N) is 2. The lowest BCUT2D eigenvalue weighted by molar-refractivity contribution is -0.0628. The van der Waals surface area contributed by atoms with Crippen LogP contribution in [0, 0.1) is 0 Å².